The first kappa shape index (κ1) is 15.9. The van der Waals surface area contributed by atoms with Crippen molar-refractivity contribution in [1.82, 2.24) is 13.9 Å². The fourth-order valence-corrected chi connectivity index (χ4v) is 3.07. The average Bonchev–Trinajstić information content (AvgIpc) is 2.37. The van der Waals surface area contributed by atoms with Crippen LogP contribution in [0.3, 0.4) is 0 Å². The van der Waals surface area contributed by atoms with Gasteiger partial charge in [-0.1, -0.05) is 19.8 Å². The van der Waals surface area contributed by atoms with Gasteiger partial charge in [-0.2, -0.15) is 12.7 Å². The van der Waals surface area contributed by atoms with Crippen LogP contribution in [0.25, 0.3) is 0 Å². The Hall–Kier alpha value is -0.170. The Bertz CT molecular complexity index is 313. The predicted octanol–water partition coefficient (Wildman–Crippen LogP) is 1.04. The number of hydrogen-bond acceptors (Lipinski definition) is 3. The summed E-state index contributed by atoms with van der Waals surface area (Å²) in [5.41, 5.74) is 0. The van der Waals surface area contributed by atoms with Gasteiger partial charge in [0.25, 0.3) is 10.2 Å². The average molecular weight is 277 g/mol. The molecule has 0 aromatic heterocycles. The molecule has 0 aromatic rings. The maximum Gasteiger partial charge on any atom is 0.279 e. The third-order valence-corrected chi connectivity index (χ3v) is 4.97. The Morgan fingerprint density at radius 3 is 2.50 bits per heavy atom. The Morgan fingerprint density at radius 2 is 1.89 bits per heavy atom. The van der Waals surface area contributed by atoms with Crippen molar-refractivity contribution < 1.29 is 8.42 Å². The zero-order valence-electron chi connectivity index (χ0n) is 11.7. The van der Waals surface area contributed by atoms with E-state index in [9.17, 15) is 8.42 Å². The molecule has 0 unspecified atom stereocenters. The smallest absolute Gasteiger partial charge is 0.279 e. The van der Waals surface area contributed by atoms with Gasteiger partial charge in [0.05, 0.1) is 0 Å². The molecule has 0 bridgehead atoms. The maximum absolute atomic E-state index is 11.9. The van der Waals surface area contributed by atoms with Crippen LogP contribution in [0.1, 0.15) is 39.0 Å². The van der Waals surface area contributed by atoms with E-state index in [0.717, 1.165) is 32.5 Å². The molecule has 1 heterocycles. The fourth-order valence-electron chi connectivity index (χ4n) is 2.13. The molecular weight excluding hydrogens is 250 g/mol. The maximum atomic E-state index is 11.9. The first-order valence-electron chi connectivity index (χ1n) is 6.99. The second-order valence-electron chi connectivity index (χ2n) is 4.98. The Balaban J connectivity index is 2.23. The highest BCUT2D eigenvalue weighted by Crippen LogP contribution is 2.07. The molecule has 108 valence electrons. The highest BCUT2D eigenvalue weighted by molar-refractivity contribution is 7.87. The van der Waals surface area contributed by atoms with Crippen LogP contribution in [0.2, 0.25) is 0 Å². The van der Waals surface area contributed by atoms with Crippen molar-refractivity contribution in [2.45, 2.75) is 39.0 Å². The van der Waals surface area contributed by atoms with Gasteiger partial charge in [-0.15, -0.1) is 0 Å². The van der Waals surface area contributed by atoms with Crippen molar-refractivity contribution >= 4 is 10.2 Å². The van der Waals surface area contributed by atoms with Crippen LogP contribution in [-0.4, -0.2) is 57.4 Å². The molecule has 1 N–H and O–H groups in total. The molecule has 0 radical (unpaired) electrons. The van der Waals surface area contributed by atoms with E-state index in [1.54, 1.807) is 7.05 Å². The van der Waals surface area contributed by atoms with E-state index in [0.29, 0.717) is 13.1 Å². The van der Waals surface area contributed by atoms with Crippen LogP contribution in [0.4, 0.5) is 0 Å². The topological polar surface area (TPSA) is 52.7 Å². The summed E-state index contributed by atoms with van der Waals surface area (Å²) in [7, 11) is -1.64. The molecule has 5 nitrogen and oxygen atoms in total. The predicted molar refractivity (Wildman–Crippen MR) is 74.8 cm³/mol. The standard InChI is InChI=1S/C12H27N3O2S/c1-3-4-9-14(2)18(16,17)13-8-12-15-10-6-5-7-11-15/h13H,3-12H2,1-2H3. The van der Waals surface area contributed by atoms with Crippen LogP contribution in [0.5, 0.6) is 0 Å². The molecule has 0 aromatic carbocycles. The van der Waals surface area contributed by atoms with E-state index < -0.39 is 10.2 Å². The van der Waals surface area contributed by atoms with Gasteiger partial charge >= 0.3 is 0 Å². The highest BCUT2D eigenvalue weighted by atomic mass is 32.2. The third-order valence-electron chi connectivity index (χ3n) is 3.40. The van der Waals surface area contributed by atoms with Gasteiger partial charge in [0.1, 0.15) is 0 Å². The lowest BCUT2D eigenvalue weighted by molar-refractivity contribution is 0.232. The van der Waals surface area contributed by atoms with E-state index in [1.807, 2.05) is 0 Å². The molecule has 1 fully saturated rings. The largest absolute Gasteiger partial charge is 0.302 e. The highest BCUT2D eigenvalue weighted by Gasteiger charge is 2.17. The molecule has 1 saturated heterocycles. The van der Waals surface area contributed by atoms with Crippen LogP contribution in [-0.2, 0) is 10.2 Å². The fraction of sp³-hybridized carbons (Fsp3) is 1.00. The summed E-state index contributed by atoms with van der Waals surface area (Å²) in [4.78, 5) is 2.33. The van der Waals surface area contributed by atoms with Crippen molar-refractivity contribution in [3.63, 3.8) is 0 Å². The summed E-state index contributed by atoms with van der Waals surface area (Å²) in [6.07, 6.45) is 5.70. The zero-order chi connectivity index (χ0) is 13.4. The van der Waals surface area contributed by atoms with E-state index in [4.69, 9.17) is 0 Å². The van der Waals surface area contributed by atoms with Gasteiger partial charge < -0.3 is 4.90 Å². The Labute approximate surface area is 112 Å². The molecule has 0 spiro atoms. The van der Waals surface area contributed by atoms with Gasteiger partial charge in [-0.05, 0) is 32.4 Å². The third kappa shape index (κ3) is 5.65. The number of nitrogens with zero attached hydrogens (tertiary/aromatic N) is 2. The summed E-state index contributed by atoms with van der Waals surface area (Å²) < 4.78 is 27.8. The van der Waals surface area contributed by atoms with Gasteiger partial charge in [-0.3, -0.25) is 0 Å². The number of unbranched alkanes of at least 4 members (excludes halogenated alkanes) is 1. The van der Waals surface area contributed by atoms with E-state index in [-0.39, 0.29) is 0 Å². The van der Waals surface area contributed by atoms with Gasteiger partial charge in [0.2, 0.25) is 0 Å². The van der Waals surface area contributed by atoms with Crippen molar-refractivity contribution in [1.29, 1.82) is 0 Å². The number of rotatable bonds is 8. The van der Waals surface area contributed by atoms with Crippen LogP contribution in [0, 0.1) is 0 Å². The van der Waals surface area contributed by atoms with Crippen LogP contribution >= 0.6 is 0 Å². The SMILES string of the molecule is CCCCN(C)S(=O)(=O)NCCN1CCCCC1. The summed E-state index contributed by atoms with van der Waals surface area (Å²) in [5.74, 6) is 0. The number of nitrogens with one attached hydrogen (secondary N) is 1. The first-order chi connectivity index (χ1) is 8.56. The lowest BCUT2D eigenvalue weighted by atomic mass is 10.1. The van der Waals surface area contributed by atoms with Crippen LogP contribution in [0.15, 0.2) is 0 Å². The van der Waals surface area contributed by atoms with Crippen LogP contribution < -0.4 is 4.72 Å². The normalized spacial score (nSPS) is 18.4. The first-order valence-corrected chi connectivity index (χ1v) is 8.43. The molecule has 0 aliphatic carbocycles. The van der Waals surface area contributed by atoms with E-state index in [1.165, 1.54) is 23.6 Å². The van der Waals surface area contributed by atoms with Gasteiger partial charge in [0, 0.05) is 26.7 Å². The van der Waals surface area contributed by atoms with Gasteiger partial charge in [0.15, 0.2) is 0 Å². The molecule has 1 aliphatic heterocycles. The van der Waals surface area contributed by atoms with Crippen molar-refractivity contribution in [3.8, 4) is 0 Å². The number of likely N-dealkylation sites (tertiary alicyclic amines) is 1. The monoisotopic (exact) mass is 277 g/mol. The van der Waals surface area contributed by atoms with Crippen molar-refractivity contribution in [2.24, 2.45) is 0 Å². The minimum atomic E-state index is -3.28. The molecule has 6 heteroatoms. The molecule has 1 rings (SSSR count). The molecule has 0 saturated carbocycles. The molecule has 0 amide bonds. The number of hydrogen-bond donors (Lipinski definition) is 1. The van der Waals surface area contributed by atoms with Crippen molar-refractivity contribution in [3.05, 3.63) is 0 Å². The van der Waals surface area contributed by atoms with E-state index in [2.05, 4.69) is 16.5 Å². The lowest BCUT2D eigenvalue weighted by Gasteiger charge is -2.26. The van der Waals surface area contributed by atoms with Crippen molar-refractivity contribution in [2.75, 3.05) is 39.8 Å². The summed E-state index contributed by atoms with van der Waals surface area (Å²) >= 11 is 0. The minimum Gasteiger partial charge on any atom is -0.302 e. The second-order valence-corrected chi connectivity index (χ2v) is 6.84. The Kier molecular flexibility index (Phi) is 7.14. The summed E-state index contributed by atoms with van der Waals surface area (Å²) in [6, 6.07) is 0. The minimum absolute atomic E-state index is 0.513. The van der Waals surface area contributed by atoms with E-state index >= 15 is 0 Å². The summed E-state index contributed by atoms with van der Waals surface area (Å²) in [5, 5.41) is 0. The molecule has 0 atom stereocenters. The molecule has 1 aliphatic rings. The molecule has 18 heavy (non-hydrogen) atoms. The summed E-state index contributed by atoms with van der Waals surface area (Å²) in [6.45, 7) is 6.19. The van der Waals surface area contributed by atoms with Gasteiger partial charge in [-0.25, -0.2) is 4.72 Å². The molecular formula is C12H27N3O2S. The zero-order valence-corrected chi connectivity index (χ0v) is 12.5. The Morgan fingerprint density at radius 1 is 1.22 bits per heavy atom. The quantitative estimate of drug-likeness (QED) is 0.721. The number of piperidine rings is 1. The second kappa shape index (κ2) is 8.09. The lowest BCUT2D eigenvalue weighted by Crippen LogP contribution is -2.43.